The number of anilines is 1. The summed E-state index contributed by atoms with van der Waals surface area (Å²) in [6.45, 7) is 3.27. The second-order valence-corrected chi connectivity index (χ2v) is 9.88. The van der Waals surface area contributed by atoms with E-state index in [4.69, 9.17) is 10.7 Å². The summed E-state index contributed by atoms with van der Waals surface area (Å²) in [5, 5.41) is 17.5. The Hall–Kier alpha value is -5.07. The van der Waals surface area contributed by atoms with Gasteiger partial charge in [-0.15, -0.1) is 10.2 Å². The highest BCUT2D eigenvalue weighted by atomic mass is 16.2. The minimum absolute atomic E-state index is 0.129. The van der Waals surface area contributed by atoms with Gasteiger partial charge < -0.3 is 20.2 Å². The molecule has 0 aliphatic carbocycles. The molecule has 0 unspecified atom stereocenters. The highest BCUT2D eigenvalue weighted by molar-refractivity contribution is 5.94. The van der Waals surface area contributed by atoms with Crippen molar-refractivity contribution in [2.24, 2.45) is 7.05 Å². The van der Waals surface area contributed by atoms with Crippen LogP contribution in [0.3, 0.4) is 0 Å². The van der Waals surface area contributed by atoms with Crippen LogP contribution < -0.4 is 5.73 Å². The minimum Gasteiger partial charge on any atom is -0.383 e. The van der Waals surface area contributed by atoms with Crippen molar-refractivity contribution >= 4 is 28.4 Å². The first kappa shape index (κ1) is 23.1. The number of pyridine rings is 1. The van der Waals surface area contributed by atoms with E-state index in [1.54, 1.807) is 15.4 Å². The molecule has 6 aromatic rings. The van der Waals surface area contributed by atoms with Crippen LogP contribution in [0.2, 0.25) is 0 Å². The summed E-state index contributed by atoms with van der Waals surface area (Å²) in [7, 11) is 1.88. The standard InChI is InChI=1S/C26H26N12O/c1-15-13-37(17-5-9-36(10-6-17)26(39)23-29-14-30-33-23)25-21(15)22(27)38-24(32-25)18(12-31-38)16-3-4-19(28-11-16)20-7-8-35(2)34-20/h3-4,7-8,11-14,17H,5-6,9-10,27H2,1-2H3,(H,29,30,33). The molecule has 0 radical (unpaired) electrons. The Kier molecular flexibility index (Phi) is 5.18. The Morgan fingerprint density at radius 3 is 2.64 bits per heavy atom. The van der Waals surface area contributed by atoms with Crippen molar-refractivity contribution < 1.29 is 4.79 Å². The maximum absolute atomic E-state index is 12.7. The molecule has 0 aromatic carbocycles. The SMILES string of the molecule is Cc1cn(C2CCN(C(=O)c3nnc[nH]3)CC2)c2nc3c(-c4ccc(-c5ccn(C)n5)nc4)cnn3c(N)c12. The molecule has 13 heteroatoms. The fourth-order valence-corrected chi connectivity index (χ4v) is 5.45. The summed E-state index contributed by atoms with van der Waals surface area (Å²) in [4.78, 5) is 27.0. The Labute approximate surface area is 222 Å². The maximum atomic E-state index is 12.7. The molecule has 196 valence electrons. The number of amides is 1. The molecule has 1 amide bonds. The molecule has 39 heavy (non-hydrogen) atoms. The molecule has 1 saturated heterocycles. The van der Waals surface area contributed by atoms with Crippen LogP contribution in [0, 0.1) is 6.92 Å². The number of hydrogen-bond donors (Lipinski definition) is 2. The van der Waals surface area contributed by atoms with Gasteiger partial charge in [-0.1, -0.05) is 6.07 Å². The lowest BCUT2D eigenvalue weighted by Gasteiger charge is -2.32. The minimum atomic E-state index is -0.129. The van der Waals surface area contributed by atoms with Crippen LogP contribution in [0.1, 0.15) is 35.1 Å². The van der Waals surface area contributed by atoms with E-state index in [1.807, 2.05) is 49.5 Å². The Balaban J connectivity index is 1.23. The predicted octanol–water partition coefficient (Wildman–Crippen LogP) is 2.63. The van der Waals surface area contributed by atoms with Gasteiger partial charge in [0.1, 0.15) is 23.5 Å². The average molecular weight is 523 g/mol. The van der Waals surface area contributed by atoms with Crippen molar-refractivity contribution in [1.82, 2.24) is 54.0 Å². The molecule has 0 saturated carbocycles. The summed E-state index contributed by atoms with van der Waals surface area (Å²) in [6, 6.07) is 6.06. The van der Waals surface area contributed by atoms with Gasteiger partial charge in [0.2, 0.25) is 5.82 Å². The third kappa shape index (κ3) is 3.73. The zero-order valence-corrected chi connectivity index (χ0v) is 21.5. The van der Waals surface area contributed by atoms with E-state index >= 15 is 0 Å². The summed E-state index contributed by atoms with van der Waals surface area (Å²) in [6.07, 6.45) is 10.6. The number of fused-ring (bicyclic) bond motifs is 2. The third-order valence-corrected chi connectivity index (χ3v) is 7.45. The predicted molar refractivity (Wildman–Crippen MR) is 144 cm³/mol. The van der Waals surface area contributed by atoms with E-state index in [-0.39, 0.29) is 17.8 Å². The number of rotatable bonds is 4. The molecule has 6 aromatic heterocycles. The molecular formula is C26H26N12O. The van der Waals surface area contributed by atoms with Gasteiger partial charge >= 0.3 is 0 Å². The van der Waals surface area contributed by atoms with Crippen molar-refractivity contribution in [2.75, 3.05) is 18.8 Å². The fourth-order valence-electron chi connectivity index (χ4n) is 5.45. The number of carbonyl (C=O) groups is 1. The highest BCUT2D eigenvalue weighted by Gasteiger charge is 2.28. The van der Waals surface area contributed by atoms with E-state index < -0.39 is 0 Å². The molecule has 1 aliphatic rings. The number of nitrogens with two attached hydrogens (primary N) is 1. The van der Waals surface area contributed by atoms with E-state index in [2.05, 4.69) is 41.1 Å². The number of likely N-dealkylation sites (tertiary alicyclic amines) is 1. The summed E-state index contributed by atoms with van der Waals surface area (Å²) in [5.41, 5.74) is 12.5. The van der Waals surface area contributed by atoms with E-state index in [1.165, 1.54) is 6.33 Å². The lowest BCUT2D eigenvalue weighted by molar-refractivity contribution is 0.0684. The van der Waals surface area contributed by atoms with E-state index in [9.17, 15) is 4.79 Å². The third-order valence-electron chi connectivity index (χ3n) is 7.45. The lowest BCUT2D eigenvalue weighted by Crippen LogP contribution is -2.39. The number of nitrogens with one attached hydrogen (secondary N) is 1. The van der Waals surface area contributed by atoms with Gasteiger partial charge in [-0.05, 0) is 37.5 Å². The highest BCUT2D eigenvalue weighted by Crippen LogP contribution is 2.35. The number of aromatic nitrogens is 10. The van der Waals surface area contributed by atoms with Crippen molar-refractivity contribution in [2.45, 2.75) is 25.8 Å². The number of piperidine rings is 1. The van der Waals surface area contributed by atoms with Gasteiger partial charge in [0, 0.05) is 55.9 Å². The van der Waals surface area contributed by atoms with Gasteiger partial charge in [0.15, 0.2) is 5.65 Å². The molecule has 0 atom stereocenters. The summed E-state index contributed by atoms with van der Waals surface area (Å²) < 4.78 is 5.65. The number of aromatic amines is 1. The topological polar surface area (TPSA) is 154 Å². The van der Waals surface area contributed by atoms with Gasteiger partial charge in [-0.2, -0.15) is 14.7 Å². The number of carbonyl (C=O) groups excluding carboxylic acids is 1. The zero-order chi connectivity index (χ0) is 26.7. The van der Waals surface area contributed by atoms with Crippen molar-refractivity contribution in [1.29, 1.82) is 0 Å². The van der Waals surface area contributed by atoms with Gasteiger partial charge in [-0.3, -0.25) is 14.5 Å². The van der Waals surface area contributed by atoms with Crippen molar-refractivity contribution in [3.05, 3.63) is 60.7 Å². The quantitative estimate of drug-likeness (QED) is 0.358. The average Bonchev–Trinajstić information content (AvgIpc) is 3.76. The Morgan fingerprint density at radius 1 is 1.10 bits per heavy atom. The van der Waals surface area contributed by atoms with E-state index in [0.717, 1.165) is 52.0 Å². The lowest BCUT2D eigenvalue weighted by atomic mass is 10.0. The van der Waals surface area contributed by atoms with Crippen LogP contribution in [0.25, 0.3) is 39.2 Å². The van der Waals surface area contributed by atoms with Gasteiger partial charge in [0.05, 0.1) is 17.3 Å². The normalized spacial score (nSPS) is 14.6. The van der Waals surface area contributed by atoms with Crippen molar-refractivity contribution in [3.8, 4) is 22.5 Å². The monoisotopic (exact) mass is 522 g/mol. The molecular weight excluding hydrogens is 496 g/mol. The maximum Gasteiger partial charge on any atom is 0.291 e. The second kappa shape index (κ2) is 8.75. The first-order valence-corrected chi connectivity index (χ1v) is 12.7. The number of hydrogen-bond acceptors (Lipinski definition) is 8. The Bertz CT molecular complexity index is 1820. The van der Waals surface area contributed by atoms with Crippen LogP contribution in [0.5, 0.6) is 0 Å². The van der Waals surface area contributed by atoms with Gasteiger partial charge in [-0.25, -0.2) is 4.98 Å². The van der Waals surface area contributed by atoms with Gasteiger partial charge in [0.25, 0.3) is 5.91 Å². The summed E-state index contributed by atoms with van der Waals surface area (Å²) >= 11 is 0. The molecule has 7 heterocycles. The van der Waals surface area contributed by atoms with Crippen LogP contribution in [-0.4, -0.2) is 73.0 Å². The molecule has 1 fully saturated rings. The van der Waals surface area contributed by atoms with Crippen LogP contribution >= 0.6 is 0 Å². The number of H-pyrrole nitrogens is 1. The fraction of sp³-hybridized carbons (Fsp3) is 0.269. The van der Waals surface area contributed by atoms with Crippen LogP contribution in [0.4, 0.5) is 5.82 Å². The molecule has 7 rings (SSSR count). The summed E-state index contributed by atoms with van der Waals surface area (Å²) in [5.74, 6) is 0.687. The smallest absolute Gasteiger partial charge is 0.291 e. The Morgan fingerprint density at radius 2 is 1.95 bits per heavy atom. The molecule has 0 bridgehead atoms. The van der Waals surface area contributed by atoms with E-state index in [0.29, 0.717) is 24.6 Å². The molecule has 1 aliphatic heterocycles. The molecule has 13 nitrogen and oxygen atoms in total. The first-order valence-electron chi connectivity index (χ1n) is 12.7. The first-order chi connectivity index (χ1) is 19.0. The van der Waals surface area contributed by atoms with Crippen LogP contribution in [0.15, 0.2) is 49.3 Å². The second-order valence-electron chi connectivity index (χ2n) is 9.88. The van der Waals surface area contributed by atoms with Crippen LogP contribution in [-0.2, 0) is 7.05 Å². The molecule has 3 N–H and O–H groups in total. The largest absolute Gasteiger partial charge is 0.383 e. The van der Waals surface area contributed by atoms with Crippen molar-refractivity contribution in [3.63, 3.8) is 0 Å². The number of nitrogen functional groups attached to an aromatic ring is 1. The zero-order valence-electron chi connectivity index (χ0n) is 21.5. The molecule has 0 spiro atoms. The number of nitrogens with zero attached hydrogens (tertiary/aromatic N) is 10. The number of aryl methyl sites for hydroxylation is 2.